The Labute approximate surface area is 140 Å². The topological polar surface area (TPSA) is 17.8 Å². The Bertz CT molecular complexity index is 1110. The largest absolute Gasteiger partial charge is 0.299 e. The average Bonchev–Trinajstić information content (AvgIpc) is 3.34. The lowest BCUT2D eigenvalue weighted by molar-refractivity contribution is 0.718. The molecule has 0 spiro atoms. The van der Waals surface area contributed by atoms with Gasteiger partial charge in [-0.1, -0.05) is 30.3 Å². The molecule has 24 heavy (non-hydrogen) atoms. The second-order valence-corrected chi connectivity index (χ2v) is 7.32. The summed E-state index contributed by atoms with van der Waals surface area (Å²) in [6, 6.07) is 19.9. The Balaban J connectivity index is 1.58. The molecule has 3 aromatic carbocycles. The fourth-order valence-electron chi connectivity index (χ4n) is 4.87. The maximum atomic E-state index is 4.70. The van der Waals surface area contributed by atoms with Crippen LogP contribution in [0, 0.1) is 0 Å². The number of nitrogens with zero attached hydrogens (tertiary/aromatic N) is 2. The predicted molar refractivity (Wildman–Crippen MR) is 97.9 cm³/mol. The fourth-order valence-corrected chi connectivity index (χ4v) is 4.87. The molecule has 1 heterocycles. The first-order valence-corrected chi connectivity index (χ1v) is 8.87. The van der Waals surface area contributed by atoms with Crippen LogP contribution >= 0.6 is 0 Å². The van der Waals surface area contributed by atoms with E-state index in [-0.39, 0.29) is 0 Å². The second kappa shape index (κ2) is 4.47. The van der Waals surface area contributed by atoms with Gasteiger partial charge in [0.05, 0.1) is 11.0 Å². The molecule has 2 unspecified atom stereocenters. The van der Waals surface area contributed by atoms with Gasteiger partial charge in [0.25, 0.3) is 0 Å². The lowest BCUT2D eigenvalue weighted by atomic mass is 9.91. The van der Waals surface area contributed by atoms with Crippen LogP contribution in [-0.4, -0.2) is 9.55 Å². The Hall–Kier alpha value is -2.61. The molecule has 0 aliphatic heterocycles. The van der Waals surface area contributed by atoms with Gasteiger partial charge in [-0.3, -0.25) is 4.57 Å². The molecule has 1 saturated carbocycles. The van der Waals surface area contributed by atoms with Crippen LogP contribution in [0.1, 0.15) is 42.2 Å². The van der Waals surface area contributed by atoms with E-state index < -0.39 is 0 Å². The second-order valence-electron chi connectivity index (χ2n) is 7.32. The molecule has 6 rings (SSSR count). The highest BCUT2D eigenvalue weighted by molar-refractivity contribution is 5.86. The molecule has 116 valence electrons. The van der Waals surface area contributed by atoms with E-state index in [1.807, 2.05) is 6.33 Å². The number of fused-ring (bicyclic) bond motifs is 7. The summed E-state index contributed by atoms with van der Waals surface area (Å²) >= 11 is 0. The molecule has 1 aromatic heterocycles. The molecular weight excluding hydrogens is 292 g/mol. The summed E-state index contributed by atoms with van der Waals surface area (Å²) in [5.41, 5.74) is 6.73. The van der Waals surface area contributed by atoms with Crippen molar-refractivity contribution >= 4 is 21.8 Å². The lowest BCUT2D eigenvalue weighted by Crippen LogP contribution is -1.99. The molecule has 2 nitrogen and oxygen atoms in total. The monoisotopic (exact) mass is 310 g/mol. The predicted octanol–water partition coefficient (Wildman–Crippen LogP) is 5.54. The zero-order valence-electron chi connectivity index (χ0n) is 13.4. The standard InChI is InChI=1S/C22H18N2/c1-2-4-15-10-18(8-7-14(15)3-1)24-13-23-21-11-19-16-5-6-17(9-16)20(19)12-22(21)24/h1-4,7-8,10-13,16-17H,5-6,9H2. The molecule has 0 saturated heterocycles. The summed E-state index contributed by atoms with van der Waals surface area (Å²) in [6.07, 6.45) is 6.08. The van der Waals surface area contributed by atoms with Gasteiger partial charge in [-0.2, -0.15) is 0 Å². The van der Waals surface area contributed by atoms with Gasteiger partial charge < -0.3 is 0 Å². The van der Waals surface area contributed by atoms with Crippen molar-refractivity contribution in [3.05, 3.63) is 72.1 Å². The van der Waals surface area contributed by atoms with E-state index in [4.69, 9.17) is 4.98 Å². The lowest BCUT2D eigenvalue weighted by Gasteiger charge is -2.15. The first-order valence-electron chi connectivity index (χ1n) is 8.87. The van der Waals surface area contributed by atoms with Crippen molar-refractivity contribution < 1.29 is 0 Å². The Morgan fingerprint density at radius 2 is 1.62 bits per heavy atom. The minimum Gasteiger partial charge on any atom is -0.299 e. The highest BCUT2D eigenvalue weighted by Crippen LogP contribution is 2.53. The third-order valence-corrected chi connectivity index (χ3v) is 6.08. The van der Waals surface area contributed by atoms with Crippen LogP contribution in [0.2, 0.25) is 0 Å². The van der Waals surface area contributed by atoms with E-state index in [1.54, 1.807) is 11.1 Å². The zero-order chi connectivity index (χ0) is 15.7. The average molecular weight is 310 g/mol. The number of hydrogen-bond acceptors (Lipinski definition) is 1. The maximum absolute atomic E-state index is 4.70. The summed E-state index contributed by atoms with van der Waals surface area (Å²) in [4.78, 5) is 4.70. The normalized spacial score (nSPS) is 21.7. The van der Waals surface area contributed by atoms with Gasteiger partial charge >= 0.3 is 0 Å². The first-order chi connectivity index (χ1) is 11.9. The van der Waals surface area contributed by atoms with E-state index in [0.717, 1.165) is 17.4 Å². The number of hydrogen-bond donors (Lipinski definition) is 0. The van der Waals surface area contributed by atoms with E-state index >= 15 is 0 Å². The van der Waals surface area contributed by atoms with E-state index in [2.05, 4.69) is 59.2 Å². The van der Waals surface area contributed by atoms with Crippen LogP contribution < -0.4 is 0 Å². The van der Waals surface area contributed by atoms with Crippen molar-refractivity contribution in [2.45, 2.75) is 31.1 Å². The van der Waals surface area contributed by atoms with Crippen LogP contribution in [0.15, 0.2) is 60.9 Å². The summed E-state index contributed by atoms with van der Waals surface area (Å²) < 4.78 is 2.24. The molecule has 0 amide bonds. The molecule has 4 aromatic rings. The van der Waals surface area contributed by atoms with Gasteiger partial charge in [0.2, 0.25) is 0 Å². The molecule has 2 aliphatic carbocycles. The highest BCUT2D eigenvalue weighted by Gasteiger charge is 2.37. The Morgan fingerprint density at radius 1 is 0.833 bits per heavy atom. The van der Waals surface area contributed by atoms with Gasteiger partial charge in [-0.05, 0) is 77.3 Å². The van der Waals surface area contributed by atoms with Crippen LogP contribution in [0.3, 0.4) is 0 Å². The van der Waals surface area contributed by atoms with Crippen molar-refractivity contribution in [2.24, 2.45) is 0 Å². The first kappa shape index (κ1) is 12.8. The third-order valence-electron chi connectivity index (χ3n) is 6.08. The van der Waals surface area contributed by atoms with E-state index in [0.29, 0.717) is 0 Å². The molecule has 2 heteroatoms. The molecule has 2 aliphatic rings. The molecule has 2 atom stereocenters. The summed E-state index contributed by atoms with van der Waals surface area (Å²) in [7, 11) is 0. The van der Waals surface area contributed by atoms with Crippen LogP contribution in [0.4, 0.5) is 0 Å². The van der Waals surface area contributed by atoms with Gasteiger partial charge in [0.15, 0.2) is 0 Å². The highest BCUT2D eigenvalue weighted by atomic mass is 15.0. The van der Waals surface area contributed by atoms with Crippen LogP contribution in [0.5, 0.6) is 0 Å². The number of benzene rings is 3. The van der Waals surface area contributed by atoms with Crippen molar-refractivity contribution in [3.8, 4) is 5.69 Å². The summed E-state index contributed by atoms with van der Waals surface area (Å²) in [5, 5.41) is 2.56. The minimum absolute atomic E-state index is 0.786. The number of rotatable bonds is 1. The van der Waals surface area contributed by atoms with Gasteiger partial charge in [-0.25, -0.2) is 4.98 Å². The molecule has 0 N–H and O–H groups in total. The molecular formula is C22H18N2. The van der Waals surface area contributed by atoms with Gasteiger partial charge in [0.1, 0.15) is 6.33 Å². The van der Waals surface area contributed by atoms with Crippen LogP contribution in [-0.2, 0) is 0 Å². The van der Waals surface area contributed by atoms with Crippen molar-refractivity contribution in [1.29, 1.82) is 0 Å². The Kier molecular flexibility index (Phi) is 2.38. The fraction of sp³-hybridized carbons (Fsp3) is 0.227. The SMILES string of the molecule is c1ccc2cc(-n3cnc4cc5c(cc43)C3CCC5C3)ccc2c1. The zero-order valence-corrected chi connectivity index (χ0v) is 13.4. The molecule has 0 radical (unpaired) electrons. The van der Waals surface area contributed by atoms with E-state index in [1.165, 1.54) is 41.2 Å². The summed E-state index contributed by atoms with van der Waals surface area (Å²) in [6.45, 7) is 0. The van der Waals surface area contributed by atoms with Gasteiger partial charge in [-0.15, -0.1) is 0 Å². The quantitative estimate of drug-likeness (QED) is 0.451. The van der Waals surface area contributed by atoms with Crippen molar-refractivity contribution in [3.63, 3.8) is 0 Å². The maximum Gasteiger partial charge on any atom is 0.100 e. The Morgan fingerprint density at radius 3 is 2.50 bits per heavy atom. The number of imidazole rings is 1. The molecule has 1 fully saturated rings. The van der Waals surface area contributed by atoms with Crippen LogP contribution in [0.25, 0.3) is 27.5 Å². The number of aromatic nitrogens is 2. The van der Waals surface area contributed by atoms with Gasteiger partial charge in [0, 0.05) is 5.69 Å². The van der Waals surface area contributed by atoms with Crippen molar-refractivity contribution in [2.75, 3.05) is 0 Å². The third kappa shape index (κ3) is 1.63. The smallest absolute Gasteiger partial charge is 0.100 e. The summed E-state index contributed by atoms with van der Waals surface area (Å²) in [5.74, 6) is 1.58. The van der Waals surface area contributed by atoms with Crippen molar-refractivity contribution in [1.82, 2.24) is 9.55 Å². The van der Waals surface area contributed by atoms with E-state index in [9.17, 15) is 0 Å². The molecule has 2 bridgehead atoms. The minimum atomic E-state index is 0.786.